The van der Waals surface area contributed by atoms with Gasteiger partial charge in [-0.3, -0.25) is 0 Å². The van der Waals surface area contributed by atoms with Gasteiger partial charge in [-0.05, 0) is 17.7 Å². The first-order chi connectivity index (χ1) is 7.19. The van der Waals surface area contributed by atoms with Crippen molar-refractivity contribution >= 4 is 17.7 Å². The van der Waals surface area contributed by atoms with Gasteiger partial charge in [0, 0.05) is 12.2 Å². The quantitative estimate of drug-likeness (QED) is 0.572. The number of hydrogen-bond donors (Lipinski definition) is 2. The third kappa shape index (κ3) is 2.82. The van der Waals surface area contributed by atoms with Crippen LogP contribution in [0.5, 0.6) is 0 Å². The monoisotopic (exact) mass is 206 g/mol. The minimum atomic E-state index is -0.404. The van der Waals surface area contributed by atoms with Crippen molar-refractivity contribution in [1.29, 1.82) is 0 Å². The van der Waals surface area contributed by atoms with E-state index >= 15 is 0 Å². The highest BCUT2D eigenvalue weighted by Crippen LogP contribution is 2.16. The maximum absolute atomic E-state index is 11.4. The molecule has 1 rings (SSSR count). The Hall–Kier alpha value is -1.81. The van der Waals surface area contributed by atoms with Crippen LogP contribution in [-0.4, -0.2) is 19.6 Å². The van der Waals surface area contributed by atoms with Crippen molar-refractivity contribution in [3.8, 4) is 0 Å². The third-order valence-electron chi connectivity index (χ3n) is 1.92. The second-order valence-corrected chi connectivity index (χ2v) is 2.98. The van der Waals surface area contributed by atoms with Crippen molar-refractivity contribution < 1.29 is 9.53 Å². The van der Waals surface area contributed by atoms with Crippen LogP contribution in [0.2, 0.25) is 0 Å². The van der Waals surface area contributed by atoms with E-state index in [9.17, 15) is 4.79 Å². The van der Waals surface area contributed by atoms with E-state index in [0.29, 0.717) is 17.8 Å². The van der Waals surface area contributed by atoms with E-state index in [1.807, 2.05) is 0 Å². The number of esters is 1. The second-order valence-electron chi connectivity index (χ2n) is 2.98. The average molecular weight is 206 g/mol. The van der Waals surface area contributed by atoms with Crippen molar-refractivity contribution in [2.24, 2.45) is 5.73 Å². The van der Waals surface area contributed by atoms with E-state index in [1.165, 1.54) is 7.11 Å². The molecule has 0 radical (unpaired) electrons. The zero-order valence-corrected chi connectivity index (χ0v) is 8.57. The summed E-state index contributed by atoms with van der Waals surface area (Å²) in [5.74, 6) is -0.404. The van der Waals surface area contributed by atoms with Gasteiger partial charge >= 0.3 is 5.97 Å². The van der Waals surface area contributed by atoms with Gasteiger partial charge < -0.3 is 16.2 Å². The molecule has 0 spiro atoms. The lowest BCUT2D eigenvalue weighted by molar-refractivity contribution is 0.0600. The van der Waals surface area contributed by atoms with E-state index in [0.717, 1.165) is 5.56 Å². The van der Waals surface area contributed by atoms with Gasteiger partial charge in [-0.25, -0.2) is 4.79 Å². The summed E-state index contributed by atoms with van der Waals surface area (Å²) in [4.78, 5) is 11.4. The summed E-state index contributed by atoms with van der Waals surface area (Å²) in [5.41, 5.74) is 12.7. The standard InChI is InChI=1S/C11H14N2O2/c1-15-11(14)10-7-9(13)5-4-8(10)3-2-6-12/h2-5,7H,6,12-13H2,1H3. The average Bonchev–Trinajstić information content (AvgIpc) is 2.26. The lowest BCUT2D eigenvalue weighted by Crippen LogP contribution is -2.05. The molecule has 0 amide bonds. The van der Waals surface area contributed by atoms with Crippen molar-refractivity contribution in [2.75, 3.05) is 19.4 Å². The summed E-state index contributed by atoms with van der Waals surface area (Å²) in [7, 11) is 1.34. The van der Waals surface area contributed by atoms with E-state index in [-0.39, 0.29) is 0 Å². The maximum atomic E-state index is 11.4. The van der Waals surface area contributed by atoms with Crippen LogP contribution in [0.4, 0.5) is 5.69 Å². The molecule has 4 nitrogen and oxygen atoms in total. The Morgan fingerprint density at radius 3 is 2.87 bits per heavy atom. The minimum Gasteiger partial charge on any atom is -0.465 e. The molecule has 0 atom stereocenters. The van der Waals surface area contributed by atoms with Gasteiger partial charge in [0.15, 0.2) is 0 Å². The van der Waals surface area contributed by atoms with E-state index < -0.39 is 5.97 Å². The molecule has 0 aliphatic rings. The zero-order valence-electron chi connectivity index (χ0n) is 8.57. The first-order valence-electron chi connectivity index (χ1n) is 4.53. The molecule has 0 aliphatic heterocycles. The Morgan fingerprint density at radius 2 is 2.27 bits per heavy atom. The molecule has 0 aliphatic carbocycles. The van der Waals surface area contributed by atoms with Crippen LogP contribution in [0, 0.1) is 0 Å². The van der Waals surface area contributed by atoms with Crippen LogP contribution in [-0.2, 0) is 4.74 Å². The number of rotatable bonds is 3. The Morgan fingerprint density at radius 1 is 1.53 bits per heavy atom. The smallest absolute Gasteiger partial charge is 0.338 e. The Bertz CT molecular complexity index is 386. The molecule has 80 valence electrons. The van der Waals surface area contributed by atoms with Crippen LogP contribution < -0.4 is 11.5 Å². The van der Waals surface area contributed by atoms with Gasteiger partial charge in [-0.2, -0.15) is 0 Å². The van der Waals surface area contributed by atoms with Gasteiger partial charge in [-0.1, -0.05) is 18.2 Å². The van der Waals surface area contributed by atoms with Crippen molar-refractivity contribution in [1.82, 2.24) is 0 Å². The molecule has 0 heterocycles. The van der Waals surface area contributed by atoms with E-state index in [2.05, 4.69) is 4.74 Å². The molecule has 1 aromatic carbocycles. The molecule has 0 bridgehead atoms. The summed E-state index contributed by atoms with van der Waals surface area (Å²) >= 11 is 0. The van der Waals surface area contributed by atoms with E-state index in [1.54, 1.807) is 30.4 Å². The molecule has 0 saturated carbocycles. The van der Waals surface area contributed by atoms with Crippen molar-refractivity contribution in [2.45, 2.75) is 0 Å². The number of nitrogens with two attached hydrogens (primary N) is 2. The third-order valence-corrected chi connectivity index (χ3v) is 1.92. The molecular formula is C11H14N2O2. The molecule has 0 saturated heterocycles. The van der Waals surface area contributed by atoms with Crippen LogP contribution in [0.15, 0.2) is 24.3 Å². The minimum absolute atomic E-state index is 0.404. The highest BCUT2D eigenvalue weighted by Gasteiger charge is 2.09. The number of nitrogen functional groups attached to an aromatic ring is 1. The Kier molecular flexibility index (Phi) is 3.88. The van der Waals surface area contributed by atoms with Crippen LogP contribution in [0.25, 0.3) is 6.08 Å². The number of hydrogen-bond acceptors (Lipinski definition) is 4. The topological polar surface area (TPSA) is 78.3 Å². The number of anilines is 1. The van der Waals surface area contributed by atoms with Crippen molar-refractivity contribution in [3.05, 3.63) is 35.4 Å². The molecule has 4 N–H and O–H groups in total. The fraction of sp³-hybridized carbons (Fsp3) is 0.182. The number of ether oxygens (including phenoxy) is 1. The molecule has 15 heavy (non-hydrogen) atoms. The lowest BCUT2D eigenvalue weighted by atomic mass is 10.1. The van der Waals surface area contributed by atoms with E-state index in [4.69, 9.17) is 11.5 Å². The fourth-order valence-electron chi connectivity index (χ4n) is 1.20. The molecule has 4 heteroatoms. The normalized spacial score (nSPS) is 10.5. The SMILES string of the molecule is COC(=O)c1cc(N)ccc1C=CCN. The van der Waals surface area contributed by atoms with Crippen LogP contribution in [0.3, 0.4) is 0 Å². The highest BCUT2D eigenvalue weighted by molar-refractivity contribution is 5.94. The Balaban J connectivity index is 3.14. The van der Waals surface area contributed by atoms with Gasteiger partial charge in [0.25, 0.3) is 0 Å². The largest absolute Gasteiger partial charge is 0.465 e. The number of benzene rings is 1. The summed E-state index contributed by atoms with van der Waals surface area (Å²) in [6.07, 6.45) is 3.53. The fourth-order valence-corrected chi connectivity index (χ4v) is 1.20. The molecule has 0 fully saturated rings. The van der Waals surface area contributed by atoms with Gasteiger partial charge in [-0.15, -0.1) is 0 Å². The zero-order chi connectivity index (χ0) is 11.3. The number of methoxy groups -OCH3 is 1. The predicted octanol–water partition coefficient (Wildman–Crippen LogP) is 1.03. The first kappa shape index (κ1) is 11.3. The molecule has 0 aromatic heterocycles. The number of carbonyl (C=O) groups is 1. The summed E-state index contributed by atoms with van der Waals surface area (Å²) < 4.78 is 4.65. The summed E-state index contributed by atoms with van der Waals surface area (Å²) in [6, 6.07) is 5.07. The lowest BCUT2D eigenvalue weighted by Gasteiger charge is -2.04. The predicted molar refractivity (Wildman–Crippen MR) is 60.3 cm³/mol. The highest BCUT2D eigenvalue weighted by atomic mass is 16.5. The molecular weight excluding hydrogens is 192 g/mol. The van der Waals surface area contributed by atoms with Gasteiger partial charge in [0.05, 0.1) is 12.7 Å². The maximum Gasteiger partial charge on any atom is 0.338 e. The second kappa shape index (κ2) is 5.17. The number of carbonyl (C=O) groups excluding carboxylic acids is 1. The van der Waals surface area contributed by atoms with Crippen molar-refractivity contribution in [3.63, 3.8) is 0 Å². The van der Waals surface area contributed by atoms with Crippen LogP contribution in [0.1, 0.15) is 15.9 Å². The summed E-state index contributed by atoms with van der Waals surface area (Å²) in [6.45, 7) is 0.422. The summed E-state index contributed by atoms with van der Waals surface area (Å²) in [5, 5.41) is 0. The van der Waals surface area contributed by atoms with Gasteiger partial charge in [0.2, 0.25) is 0 Å². The molecule has 1 aromatic rings. The Labute approximate surface area is 88.5 Å². The molecule has 0 unspecified atom stereocenters. The first-order valence-corrected chi connectivity index (χ1v) is 4.53. The van der Waals surface area contributed by atoms with Gasteiger partial charge in [0.1, 0.15) is 0 Å². The van der Waals surface area contributed by atoms with Crippen LogP contribution >= 0.6 is 0 Å².